The Morgan fingerprint density at radius 1 is 1.29 bits per heavy atom. The molecule has 0 aliphatic carbocycles. The van der Waals surface area contributed by atoms with E-state index in [0.717, 1.165) is 5.56 Å². The van der Waals surface area contributed by atoms with Crippen LogP contribution in [0.15, 0.2) is 30.3 Å². The Morgan fingerprint density at radius 3 is 2.41 bits per heavy atom. The van der Waals surface area contributed by atoms with Crippen molar-refractivity contribution in [3.8, 4) is 6.07 Å². The zero-order valence-corrected chi connectivity index (χ0v) is 10.4. The minimum Gasteiger partial charge on any atom is -0.395 e. The summed E-state index contributed by atoms with van der Waals surface area (Å²) in [5, 5.41) is 21.6. The van der Waals surface area contributed by atoms with Gasteiger partial charge in [-0.15, -0.1) is 0 Å². The third kappa shape index (κ3) is 4.18. The fourth-order valence-corrected chi connectivity index (χ4v) is 1.70. The summed E-state index contributed by atoms with van der Waals surface area (Å²) in [5.74, 6) is 0.194. The lowest BCUT2D eigenvalue weighted by Gasteiger charge is -2.21. The Balaban J connectivity index is 2.57. The maximum atomic E-state index is 9.21. The van der Waals surface area contributed by atoms with Gasteiger partial charge in [-0.3, -0.25) is 0 Å². The van der Waals surface area contributed by atoms with Crippen molar-refractivity contribution in [2.45, 2.75) is 25.8 Å². The van der Waals surface area contributed by atoms with Crippen LogP contribution in [0.3, 0.4) is 0 Å². The average Bonchev–Trinajstić information content (AvgIpc) is 2.35. The SMILES string of the molecule is CC(C)C(CO)NCC(C#N)c1ccccc1. The second-order valence-corrected chi connectivity index (χ2v) is 4.53. The van der Waals surface area contributed by atoms with E-state index in [9.17, 15) is 5.11 Å². The maximum Gasteiger partial charge on any atom is 0.0837 e. The Labute approximate surface area is 103 Å². The van der Waals surface area contributed by atoms with Gasteiger partial charge in [-0.2, -0.15) is 5.26 Å². The molecule has 0 saturated carbocycles. The van der Waals surface area contributed by atoms with Gasteiger partial charge < -0.3 is 10.4 Å². The van der Waals surface area contributed by atoms with Gasteiger partial charge in [0.2, 0.25) is 0 Å². The number of nitrogens with zero attached hydrogens (tertiary/aromatic N) is 1. The van der Waals surface area contributed by atoms with Crippen molar-refractivity contribution < 1.29 is 5.11 Å². The largest absolute Gasteiger partial charge is 0.395 e. The fourth-order valence-electron chi connectivity index (χ4n) is 1.70. The van der Waals surface area contributed by atoms with Crippen LogP contribution in [0.4, 0.5) is 0 Å². The molecule has 0 aliphatic rings. The van der Waals surface area contributed by atoms with E-state index < -0.39 is 0 Å². The average molecular weight is 232 g/mol. The predicted molar refractivity (Wildman–Crippen MR) is 68.5 cm³/mol. The molecule has 1 aromatic carbocycles. The quantitative estimate of drug-likeness (QED) is 0.787. The van der Waals surface area contributed by atoms with Gasteiger partial charge in [0.05, 0.1) is 18.6 Å². The van der Waals surface area contributed by atoms with Crippen LogP contribution < -0.4 is 5.32 Å². The highest BCUT2D eigenvalue weighted by atomic mass is 16.3. The molecule has 2 unspecified atom stereocenters. The van der Waals surface area contributed by atoms with Crippen LogP contribution >= 0.6 is 0 Å². The molecular weight excluding hydrogens is 212 g/mol. The smallest absolute Gasteiger partial charge is 0.0837 e. The Bertz CT molecular complexity index is 356. The van der Waals surface area contributed by atoms with Crippen molar-refractivity contribution in [2.24, 2.45) is 5.92 Å². The van der Waals surface area contributed by atoms with E-state index >= 15 is 0 Å². The van der Waals surface area contributed by atoms with E-state index in [0.29, 0.717) is 12.5 Å². The van der Waals surface area contributed by atoms with E-state index in [4.69, 9.17) is 5.26 Å². The Morgan fingerprint density at radius 2 is 1.94 bits per heavy atom. The van der Waals surface area contributed by atoms with Gasteiger partial charge in [-0.1, -0.05) is 44.2 Å². The molecule has 0 spiro atoms. The monoisotopic (exact) mass is 232 g/mol. The maximum absolute atomic E-state index is 9.21. The topological polar surface area (TPSA) is 56.0 Å². The summed E-state index contributed by atoms with van der Waals surface area (Å²) in [7, 11) is 0. The summed E-state index contributed by atoms with van der Waals surface area (Å²) in [6.07, 6.45) is 0. The van der Waals surface area contributed by atoms with Crippen molar-refractivity contribution in [2.75, 3.05) is 13.2 Å². The fraction of sp³-hybridized carbons (Fsp3) is 0.500. The molecule has 17 heavy (non-hydrogen) atoms. The minimum absolute atomic E-state index is 0.0505. The highest BCUT2D eigenvalue weighted by Gasteiger charge is 2.15. The number of hydrogen-bond acceptors (Lipinski definition) is 3. The lowest BCUT2D eigenvalue weighted by atomic mass is 9.99. The molecule has 0 saturated heterocycles. The number of nitrogens with one attached hydrogen (secondary N) is 1. The van der Waals surface area contributed by atoms with Crippen molar-refractivity contribution in [1.29, 1.82) is 5.26 Å². The summed E-state index contributed by atoms with van der Waals surface area (Å²) >= 11 is 0. The molecule has 2 atom stereocenters. The molecule has 1 rings (SSSR count). The standard InChI is InChI=1S/C14H20N2O/c1-11(2)14(10-17)16-9-13(8-15)12-6-4-3-5-7-12/h3-7,11,13-14,16-17H,9-10H2,1-2H3. The predicted octanol–water partition coefficient (Wildman–Crippen LogP) is 1.90. The van der Waals surface area contributed by atoms with E-state index in [2.05, 4.69) is 25.2 Å². The third-order valence-corrected chi connectivity index (χ3v) is 2.94. The van der Waals surface area contributed by atoms with E-state index in [1.165, 1.54) is 0 Å². The summed E-state index contributed by atoms with van der Waals surface area (Å²) in [6.45, 7) is 4.78. The van der Waals surface area contributed by atoms with Gasteiger partial charge in [0.15, 0.2) is 0 Å². The van der Waals surface area contributed by atoms with Crippen LogP contribution in [-0.4, -0.2) is 24.3 Å². The summed E-state index contributed by atoms with van der Waals surface area (Å²) in [6, 6.07) is 12.1. The zero-order chi connectivity index (χ0) is 12.7. The van der Waals surface area contributed by atoms with Crippen molar-refractivity contribution in [3.63, 3.8) is 0 Å². The number of aliphatic hydroxyl groups is 1. The Hall–Kier alpha value is -1.37. The number of hydrogen-bond donors (Lipinski definition) is 2. The van der Waals surface area contributed by atoms with Crippen molar-refractivity contribution >= 4 is 0 Å². The van der Waals surface area contributed by atoms with Crippen LogP contribution in [-0.2, 0) is 0 Å². The molecule has 0 bridgehead atoms. The van der Waals surface area contributed by atoms with E-state index in [-0.39, 0.29) is 18.6 Å². The molecule has 0 fully saturated rings. The lowest BCUT2D eigenvalue weighted by molar-refractivity contribution is 0.211. The first-order valence-corrected chi connectivity index (χ1v) is 5.97. The normalized spacial score (nSPS) is 14.3. The van der Waals surface area contributed by atoms with Gasteiger partial charge in [0.25, 0.3) is 0 Å². The Kier molecular flexibility index (Phi) is 5.68. The third-order valence-electron chi connectivity index (χ3n) is 2.94. The van der Waals surface area contributed by atoms with Crippen molar-refractivity contribution in [3.05, 3.63) is 35.9 Å². The zero-order valence-electron chi connectivity index (χ0n) is 10.4. The first-order chi connectivity index (χ1) is 8.19. The molecule has 0 heterocycles. The molecule has 0 amide bonds. The van der Waals surface area contributed by atoms with Crippen LogP contribution in [0.2, 0.25) is 0 Å². The summed E-state index contributed by atoms with van der Waals surface area (Å²) in [5.41, 5.74) is 1.02. The molecule has 2 N–H and O–H groups in total. The number of aliphatic hydroxyl groups excluding tert-OH is 1. The molecule has 0 aliphatic heterocycles. The first kappa shape index (κ1) is 13.7. The second kappa shape index (κ2) is 7.05. The summed E-state index contributed by atoms with van der Waals surface area (Å²) in [4.78, 5) is 0. The van der Waals surface area contributed by atoms with Gasteiger partial charge >= 0.3 is 0 Å². The van der Waals surface area contributed by atoms with Gasteiger partial charge in [-0.05, 0) is 11.5 Å². The molecule has 3 nitrogen and oxygen atoms in total. The number of rotatable bonds is 6. The minimum atomic E-state index is -0.163. The first-order valence-electron chi connectivity index (χ1n) is 5.97. The van der Waals surface area contributed by atoms with Crippen LogP contribution in [0.1, 0.15) is 25.3 Å². The van der Waals surface area contributed by atoms with Gasteiger partial charge in [0.1, 0.15) is 0 Å². The molecule has 0 radical (unpaired) electrons. The number of nitriles is 1. The highest BCUT2D eigenvalue weighted by molar-refractivity contribution is 5.25. The highest BCUT2D eigenvalue weighted by Crippen LogP contribution is 2.14. The van der Waals surface area contributed by atoms with Crippen LogP contribution in [0, 0.1) is 17.2 Å². The molecule has 1 aromatic rings. The number of benzene rings is 1. The van der Waals surface area contributed by atoms with Gasteiger partial charge in [0, 0.05) is 12.6 Å². The second-order valence-electron chi connectivity index (χ2n) is 4.53. The molecule has 3 heteroatoms. The van der Waals surface area contributed by atoms with Crippen LogP contribution in [0.25, 0.3) is 0 Å². The van der Waals surface area contributed by atoms with E-state index in [1.54, 1.807) is 0 Å². The molecule has 0 aromatic heterocycles. The van der Waals surface area contributed by atoms with E-state index in [1.807, 2.05) is 30.3 Å². The lowest BCUT2D eigenvalue weighted by Crippen LogP contribution is -2.39. The van der Waals surface area contributed by atoms with Gasteiger partial charge in [-0.25, -0.2) is 0 Å². The van der Waals surface area contributed by atoms with Crippen LogP contribution in [0.5, 0.6) is 0 Å². The summed E-state index contributed by atoms with van der Waals surface area (Å²) < 4.78 is 0. The molecular formula is C14H20N2O. The molecule has 92 valence electrons. The van der Waals surface area contributed by atoms with Crippen molar-refractivity contribution in [1.82, 2.24) is 5.32 Å².